The van der Waals surface area contributed by atoms with E-state index in [9.17, 15) is 24.6 Å². The number of aliphatic hydroxyl groups excluding tert-OH is 2. The highest BCUT2D eigenvalue weighted by Crippen LogP contribution is 2.60. The Labute approximate surface area is 228 Å². The van der Waals surface area contributed by atoms with Crippen molar-refractivity contribution in [3.63, 3.8) is 0 Å². The molecule has 3 N–H and O–H groups in total. The lowest BCUT2D eigenvalue weighted by atomic mass is 9.49. The Morgan fingerprint density at radius 3 is 2.41 bits per heavy atom. The molecule has 7 rings (SSSR count). The van der Waals surface area contributed by atoms with E-state index in [4.69, 9.17) is 9.47 Å². The van der Waals surface area contributed by atoms with Crippen molar-refractivity contribution in [3.05, 3.63) is 34.9 Å². The minimum Gasteiger partial charge on any atom is -0.493 e. The van der Waals surface area contributed by atoms with Gasteiger partial charge in [0.1, 0.15) is 18.5 Å². The van der Waals surface area contributed by atoms with Gasteiger partial charge in [-0.2, -0.15) is 0 Å². The largest absolute Gasteiger partial charge is 0.493 e. The van der Waals surface area contributed by atoms with E-state index in [-0.39, 0.29) is 24.5 Å². The SMILES string of the molecule is COc1cc(C=O)cc2c1O[C@@H]1[C@@H](O)[C@H](N(CC34CC5CC(CC(C5)C3)C4)C(C)=O)C=C(C(=O)NCCO)[C@H]21. The van der Waals surface area contributed by atoms with E-state index in [1.165, 1.54) is 33.3 Å². The van der Waals surface area contributed by atoms with Crippen LogP contribution in [0.4, 0.5) is 0 Å². The molecule has 4 atom stereocenters. The summed E-state index contributed by atoms with van der Waals surface area (Å²) in [4.78, 5) is 40.1. The van der Waals surface area contributed by atoms with Gasteiger partial charge < -0.3 is 29.9 Å². The Kier molecular flexibility index (Phi) is 6.70. The van der Waals surface area contributed by atoms with Crippen LogP contribution in [0.2, 0.25) is 0 Å². The second-order valence-electron chi connectivity index (χ2n) is 12.5. The molecule has 1 heterocycles. The van der Waals surface area contributed by atoms with Crippen molar-refractivity contribution in [1.82, 2.24) is 10.2 Å². The Hall–Kier alpha value is -2.91. The van der Waals surface area contributed by atoms with Gasteiger partial charge in [-0.15, -0.1) is 0 Å². The van der Waals surface area contributed by atoms with Gasteiger partial charge in [0.15, 0.2) is 11.5 Å². The fourth-order valence-corrected chi connectivity index (χ4v) is 8.83. The minimum absolute atomic E-state index is 0.0473. The number of hydrogen-bond donors (Lipinski definition) is 3. The van der Waals surface area contributed by atoms with Gasteiger partial charge in [-0.25, -0.2) is 0 Å². The average Bonchev–Trinajstić information content (AvgIpc) is 3.29. The number of benzene rings is 1. The van der Waals surface area contributed by atoms with Gasteiger partial charge in [-0.05, 0) is 79.9 Å². The summed E-state index contributed by atoms with van der Waals surface area (Å²) in [5.74, 6) is 1.67. The highest BCUT2D eigenvalue weighted by molar-refractivity contribution is 5.96. The van der Waals surface area contributed by atoms with Crippen LogP contribution in [-0.2, 0) is 9.59 Å². The molecule has 9 nitrogen and oxygen atoms in total. The molecule has 0 spiro atoms. The van der Waals surface area contributed by atoms with Gasteiger partial charge in [-0.1, -0.05) is 0 Å². The monoisotopic (exact) mass is 538 g/mol. The third-order valence-corrected chi connectivity index (χ3v) is 9.85. The second kappa shape index (κ2) is 9.93. The number of aliphatic hydroxyl groups is 2. The summed E-state index contributed by atoms with van der Waals surface area (Å²) >= 11 is 0. The number of rotatable bonds is 8. The van der Waals surface area contributed by atoms with Crippen LogP contribution in [0.25, 0.3) is 0 Å². The van der Waals surface area contributed by atoms with Crippen molar-refractivity contribution in [2.45, 2.75) is 69.6 Å². The molecule has 39 heavy (non-hydrogen) atoms. The van der Waals surface area contributed by atoms with E-state index in [1.807, 2.05) is 0 Å². The quantitative estimate of drug-likeness (QED) is 0.433. The summed E-state index contributed by atoms with van der Waals surface area (Å²) in [6.07, 6.45) is 7.67. The highest BCUT2D eigenvalue weighted by atomic mass is 16.5. The van der Waals surface area contributed by atoms with Crippen LogP contribution in [0, 0.1) is 23.2 Å². The molecule has 4 bridgehead atoms. The molecular weight excluding hydrogens is 500 g/mol. The third kappa shape index (κ3) is 4.43. The van der Waals surface area contributed by atoms with Crippen molar-refractivity contribution in [3.8, 4) is 11.5 Å². The zero-order chi connectivity index (χ0) is 27.5. The number of hydrogen-bond acceptors (Lipinski definition) is 7. The maximum absolute atomic E-state index is 13.4. The molecule has 0 unspecified atom stereocenters. The van der Waals surface area contributed by atoms with E-state index in [0.29, 0.717) is 58.8 Å². The molecule has 0 radical (unpaired) electrons. The lowest BCUT2D eigenvalue weighted by Crippen LogP contribution is -2.59. The summed E-state index contributed by atoms with van der Waals surface area (Å²) < 4.78 is 11.8. The Morgan fingerprint density at radius 1 is 1.18 bits per heavy atom. The summed E-state index contributed by atoms with van der Waals surface area (Å²) in [5, 5.41) is 23.8. The first-order chi connectivity index (χ1) is 18.8. The smallest absolute Gasteiger partial charge is 0.247 e. The number of aldehydes is 1. The Morgan fingerprint density at radius 2 is 1.85 bits per heavy atom. The van der Waals surface area contributed by atoms with E-state index < -0.39 is 30.1 Å². The zero-order valence-corrected chi connectivity index (χ0v) is 22.6. The van der Waals surface area contributed by atoms with Gasteiger partial charge in [0, 0.05) is 36.7 Å². The van der Waals surface area contributed by atoms with Gasteiger partial charge in [0.05, 0.1) is 25.7 Å². The molecule has 6 aliphatic rings. The number of carbonyl (C=O) groups excluding carboxylic acids is 3. The molecule has 0 aromatic heterocycles. The Balaban J connectivity index is 1.39. The van der Waals surface area contributed by atoms with E-state index in [0.717, 1.165) is 19.3 Å². The average molecular weight is 539 g/mol. The van der Waals surface area contributed by atoms with Crippen LogP contribution >= 0.6 is 0 Å². The lowest BCUT2D eigenvalue weighted by Gasteiger charge is -2.58. The molecule has 1 aliphatic heterocycles. The van der Waals surface area contributed by atoms with Crippen molar-refractivity contribution in [2.75, 3.05) is 26.8 Å². The molecule has 210 valence electrons. The summed E-state index contributed by atoms with van der Waals surface area (Å²) in [6, 6.07) is 2.47. The molecule has 4 saturated carbocycles. The van der Waals surface area contributed by atoms with Crippen LogP contribution in [0.5, 0.6) is 11.5 Å². The van der Waals surface area contributed by atoms with Crippen molar-refractivity contribution in [1.29, 1.82) is 0 Å². The minimum atomic E-state index is -1.10. The number of amides is 2. The van der Waals surface area contributed by atoms with Crippen LogP contribution in [0.1, 0.15) is 67.3 Å². The van der Waals surface area contributed by atoms with E-state index >= 15 is 0 Å². The first-order valence-corrected chi connectivity index (χ1v) is 14.2. The Bertz CT molecular complexity index is 1170. The molecular formula is C30H38N2O7. The number of methoxy groups -OCH3 is 1. The maximum Gasteiger partial charge on any atom is 0.247 e. The van der Waals surface area contributed by atoms with Gasteiger partial charge in [0.25, 0.3) is 0 Å². The lowest BCUT2D eigenvalue weighted by molar-refractivity contribution is -0.142. The van der Waals surface area contributed by atoms with Gasteiger partial charge >= 0.3 is 0 Å². The summed E-state index contributed by atoms with van der Waals surface area (Å²) in [6.45, 7) is 1.93. The predicted octanol–water partition coefficient (Wildman–Crippen LogP) is 2.20. The van der Waals surface area contributed by atoms with Crippen molar-refractivity contribution in [2.24, 2.45) is 23.2 Å². The van der Waals surface area contributed by atoms with Crippen LogP contribution < -0.4 is 14.8 Å². The second-order valence-corrected chi connectivity index (χ2v) is 12.5. The van der Waals surface area contributed by atoms with Crippen LogP contribution in [0.15, 0.2) is 23.8 Å². The molecule has 2 amide bonds. The molecule has 0 saturated heterocycles. The third-order valence-electron chi connectivity index (χ3n) is 9.85. The van der Waals surface area contributed by atoms with Gasteiger partial charge in [0.2, 0.25) is 11.8 Å². The van der Waals surface area contributed by atoms with Crippen LogP contribution in [-0.4, -0.2) is 78.3 Å². The van der Waals surface area contributed by atoms with Crippen LogP contribution in [0.3, 0.4) is 0 Å². The van der Waals surface area contributed by atoms with Gasteiger partial charge in [-0.3, -0.25) is 14.4 Å². The predicted molar refractivity (Wildman–Crippen MR) is 142 cm³/mol. The molecule has 4 fully saturated rings. The molecule has 5 aliphatic carbocycles. The number of ether oxygens (including phenoxy) is 2. The number of carbonyl (C=O) groups is 3. The van der Waals surface area contributed by atoms with Crippen molar-refractivity contribution < 1.29 is 34.1 Å². The summed E-state index contributed by atoms with van der Waals surface area (Å²) in [7, 11) is 1.47. The van der Waals surface area contributed by atoms with E-state index in [1.54, 1.807) is 23.1 Å². The molecule has 9 heteroatoms. The molecule has 1 aromatic rings. The number of nitrogens with one attached hydrogen (secondary N) is 1. The standard InChI is InChI=1S/C30H38N2O7/c1-16(35)32(15-30-11-17-5-18(12-30)7-19(6-17)13-30)23-10-22(29(37)31-3-4-33)25-21-8-20(14-34)9-24(38-2)27(21)39-28(25)26(23)36/h8-10,14,17-19,23,25-26,28,33,36H,3-7,11-13,15H2,1-2H3,(H,31,37)/t17?,18?,19?,23-,25+,26+,28+,30?/m1/s1. The topological polar surface area (TPSA) is 125 Å². The fourth-order valence-electron chi connectivity index (χ4n) is 8.83. The summed E-state index contributed by atoms with van der Waals surface area (Å²) in [5.41, 5.74) is 1.35. The van der Waals surface area contributed by atoms with Crippen molar-refractivity contribution >= 4 is 18.1 Å². The first kappa shape index (κ1) is 26.3. The normalized spacial score (nSPS) is 35.4. The number of fused-ring (bicyclic) bond motifs is 3. The van der Waals surface area contributed by atoms with E-state index in [2.05, 4.69) is 5.32 Å². The molecule has 1 aromatic carbocycles. The zero-order valence-electron chi connectivity index (χ0n) is 22.6. The highest BCUT2D eigenvalue weighted by Gasteiger charge is 2.55. The first-order valence-electron chi connectivity index (χ1n) is 14.2. The maximum atomic E-state index is 13.4. The number of nitrogens with zero attached hydrogens (tertiary/aromatic N) is 1. The fraction of sp³-hybridized carbons (Fsp3) is 0.633.